The van der Waals surface area contributed by atoms with Gasteiger partial charge in [0.2, 0.25) is 5.91 Å². The van der Waals surface area contributed by atoms with Gasteiger partial charge in [-0.25, -0.2) is 9.86 Å². The Morgan fingerprint density at radius 3 is 2.59 bits per heavy atom. The van der Waals surface area contributed by atoms with Gasteiger partial charge >= 0.3 is 6.03 Å². The number of nitrogens with zero attached hydrogens (tertiary/aromatic N) is 2. The highest BCUT2D eigenvalue weighted by Gasteiger charge is 2.47. The smallest absolute Gasteiger partial charge is 0.321 e. The predicted octanol–water partition coefficient (Wildman–Crippen LogP) is 4.38. The Morgan fingerprint density at radius 2 is 1.90 bits per heavy atom. The van der Waals surface area contributed by atoms with Crippen LogP contribution in [-0.4, -0.2) is 40.6 Å². The number of rotatable bonds is 3. The minimum Gasteiger partial charge on any atom is -0.324 e. The number of piperidine rings is 1. The quantitative estimate of drug-likeness (QED) is 0.812. The van der Waals surface area contributed by atoms with E-state index in [1.54, 1.807) is 11.0 Å². The molecule has 0 atom stereocenters. The molecule has 4 rings (SSSR count). The molecule has 152 valence electrons. The van der Waals surface area contributed by atoms with E-state index in [0.29, 0.717) is 49.6 Å². The third-order valence-electron chi connectivity index (χ3n) is 5.61. The summed E-state index contributed by atoms with van der Waals surface area (Å²) < 4.78 is 0. The van der Waals surface area contributed by atoms with Gasteiger partial charge in [0.1, 0.15) is 5.60 Å². The highest BCUT2D eigenvalue weighted by Crippen LogP contribution is 2.37. The van der Waals surface area contributed by atoms with E-state index in [9.17, 15) is 9.59 Å². The standard InChI is InChI=1S/C22H24ClN3O3/c1-16-7-8-18(13-19(16)23)24-21(28)25-11-9-22(10-12-25)14-20(27)26(29-22)15-17-5-3-2-4-6-17/h2-8,13H,9-12,14-15H2,1H3,(H,24,28). The molecule has 0 aliphatic carbocycles. The van der Waals surface area contributed by atoms with E-state index in [1.165, 1.54) is 5.06 Å². The van der Waals surface area contributed by atoms with Crippen molar-refractivity contribution in [3.8, 4) is 0 Å². The maximum Gasteiger partial charge on any atom is 0.321 e. The lowest BCUT2D eigenvalue weighted by Crippen LogP contribution is -2.48. The van der Waals surface area contributed by atoms with E-state index in [2.05, 4.69) is 5.32 Å². The summed E-state index contributed by atoms with van der Waals surface area (Å²) in [6.45, 7) is 3.44. The molecule has 2 aromatic carbocycles. The van der Waals surface area contributed by atoms with Gasteiger partial charge in [-0.15, -0.1) is 0 Å². The maximum atomic E-state index is 12.6. The van der Waals surface area contributed by atoms with Crippen LogP contribution in [0, 0.1) is 6.92 Å². The summed E-state index contributed by atoms with van der Waals surface area (Å²) >= 11 is 6.13. The number of hydroxylamine groups is 2. The Kier molecular flexibility index (Phi) is 5.48. The molecule has 2 aliphatic heterocycles. The zero-order chi connectivity index (χ0) is 20.4. The van der Waals surface area contributed by atoms with Gasteiger partial charge in [0.25, 0.3) is 0 Å². The second-order valence-electron chi connectivity index (χ2n) is 7.75. The zero-order valence-electron chi connectivity index (χ0n) is 16.4. The molecule has 6 nitrogen and oxygen atoms in total. The van der Waals surface area contributed by atoms with E-state index < -0.39 is 5.60 Å². The Labute approximate surface area is 175 Å². The van der Waals surface area contributed by atoms with Gasteiger partial charge in [0.15, 0.2) is 0 Å². The molecule has 0 radical (unpaired) electrons. The lowest BCUT2D eigenvalue weighted by Gasteiger charge is -2.37. The van der Waals surface area contributed by atoms with E-state index >= 15 is 0 Å². The van der Waals surface area contributed by atoms with Crippen molar-refractivity contribution in [3.63, 3.8) is 0 Å². The van der Waals surface area contributed by atoms with Crippen molar-refractivity contribution in [1.82, 2.24) is 9.96 Å². The van der Waals surface area contributed by atoms with Crippen LogP contribution in [0.2, 0.25) is 5.02 Å². The van der Waals surface area contributed by atoms with Crippen LogP contribution in [-0.2, 0) is 16.2 Å². The number of carbonyl (C=O) groups excluding carboxylic acids is 2. The van der Waals surface area contributed by atoms with Crippen LogP contribution in [0.3, 0.4) is 0 Å². The molecule has 7 heteroatoms. The molecule has 1 spiro atoms. The summed E-state index contributed by atoms with van der Waals surface area (Å²) in [5.74, 6) is 0.000974. The number of hydrogen-bond acceptors (Lipinski definition) is 3. The molecule has 2 aliphatic rings. The first-order valence-corrected chi connectivity index (χ1v) is 10.2. The van der Waals surface area contributed by atoms with Crippen molar-refractivity contribution in [2.24, 2.45) is 0 Å². The minimum absolute atomic E-state index is 0.000974. The van der Waals surface area contributed by atoms with Crippen LogP contribution in [0.4, 0.5) is 10.5 Å². The Hall–Kier alpha value is -2.57. The van der Waals surface area contributed by atoms with Crippen LogP contribution in [0.15, 0.2) is 48.5 Å². The lowest BCUT2D eigenvalue weighted by atomic mass is 9.89. The van der Waals surface area contributed by atoms with Crippen LogP contribution >= 0.6 is 11.6 Å². The summed E-state index contributed by atoms with van der Waals surface area (Å²) in [6.07, 6.45) is 1.63. The summed E-state index contributed by atoms with van der Waals surface area (Å²) in [6, 6.07) is 15.1. The Bertz CT molecular complexity index is 911. The van der Waals surface area contributed by atoms with E-state index in [4.69, 9.17) is 16.4 Å². The number of anilines is 1. The summed E-state index contributed by atoms with van der Waals surface area (Å²) in [5.41, 5.74) is 2.17. The molecule has 0 aromatic heterocycles. The third-order valence-corrected chi connectivity index (χ3v) is 6.02. The molecular weight excluding hydrogens is 390 g/mol. The number of amides is 3. The van der Waals surface area contributed by atoms with Gasteiger partial charge in [0.05, 0.1) is 13.0 Å². The molecule has 29 heavy (non-hydrogen) atoms. The molecule has 0 bridgehead atoms. The molecule has 2 aromatic rings. The van der Waals surface area contributed by atoms with Gasteiger partial charge in [0, 0.05) is 23.8 Å². The van der Waals surface area contributed by atoms with Crippen molar-refractivity contribution in [2.75, 3.05) is 18.4 Å². The number of likely N-dealkylation sites (tertiary alicyclic amines) is 1. The lowest BCUT2D eigenvalue weighted by molar-refractivity contribution is -0.212. The zero-order valence-corrected chi connectivity index (χ0v) is 17.1. The molecule has 0 unspecified atom stereocenters. The van der Waals surface area contributed by atoms with Gasteiger partial charge in [-0.05, 0) is 43.0 Å². The summed E-state index contributed by atoms with van der Waals surface area (Å²) in [4.78, 5) is 32.9. The number of nitrogens with one attached hydrogen (secondary N) is 1. The Morgan fingerprint density at radius 1 is 1.17 bits per heavy atom. The SMILES string of the molecule is Cc1ccc(NC(=O)N2CCC3(CC2)CC(=O)N(Cc2ccccc2)O3)cc1Cl. The maximum absolute atomic E-state index is 12.6. The molecule has 3 amide bonds. The first-order valence-electron chi connectivity index (χ1n) is 9.80. The second-order valence-corrected chi connectivity index (χ2v) is 8.16. The first kappa shape index (κ1) is 19.7. The number of halogens is 1. The van der Waals surface area contributed by atoms with Gasteiger partial charge in [-0.3, -0.25) is 9.63 Å². The van der Waals surface area contributed by atoms with Crippen molar-refractivity contribution < 1.29 is 14.4 Å². The largest absolute Gasteiger partial charge is 0.324 e. The van der Waals surface area contributed by atoms with Crippen molar-refractivity contribution >= 4 is 29.2 Å². The van der Waals surface area contributed by atoms with Crippen LogP contribution in [0.5, 0.6) is 0 Å². The fourth-order valence-electron chi connectivity index (χ4n) is 3.81. The van der Waals surface area contributed by atoms with E-state index in [-0.39, 0.29) is 11.9 Å². The number of hydrogen-bond donors (Lipinski definition) is 1. The fourth-order valence-corrected chi connectivity index (χ4v) is 3.99. The predicted molar refractivity (Wildman–Crippen MR) is 111 cm³/mol. The molecule has 2 fully saturated rings. The average molecular weight is 414 g/mol. The highest BCUT2D eigenvalue weighted by molar-refractivity contribution is 6.31. The molecular formula is C22H24ClN3O3. The third kappa shape index (κ3) is 4.38. The number of aryl methyl sites for hydroxylation is 1. The monoisotopic (exact) mass is 413 g/mol. The Balaban J connectivity index is 1.33. The fraction of sp³-hybridized carbons (Fsp3) is 0.364. The van der Waals surface area contributed by atoms with Gasteiger partial charge < -0.3 is 10.2 Å². The van der Waals surface area contributed by atoms with Crippen molar-refractivity contribution in [2.45, 2.75) is 38.3 Å². The second kappa shape index (κ2) is 8.05. The highest BCUT2D eigenvalue weighted by atomic mass is 35.5. The van der Waals surface area contributed by atoms with Crippen molar-refractivity contribution in [3.05, 3.63) is 64.7 Å². The average Bonchev–Trinajstić information content (AvgIpc) is 3.00. The minimum atomic E-state index is -0.504. The number of urea groups is 1. The van der Waals surface area contributed by atoms with E-state index in [1.807, 2.05) is 49.4 Å². The van der Waals surface area contributed by atoms with Gasteiger partial charge in [-0.1, -0.05) is 48.0 Å². The molecule has 2 saturated heterocycles. The molecule has 2 heterocycles. The molecule has 1 N–H and O–H groups in total. The van der Waals surface area contributed by atoms with Crippen LogP contribution in [0.1, 0.15) is 30.4 Å². The van der Waals surface area contributed by atoms with Crippen LogP contribution < -0.4 is 5.32 Å². The number of benzene rings is 2. The normalized spacial score (nSPS) is 18.3. The summed E-state index contributed by atoms with van der Waals surface area (Å²) in [7, 11) is 0. The van der Waals surface area contributed by atoms with Crippen LogP contribution in [0.25, 0.3) is 0 Å². The van der Waals surface area contributed by atoms with Crippen molar-refractivity contribution in [1.29, 1.82) is 0 Å². The number of carbonyl (C=O) groups is 2. The van der Waals surface area contributed by atoms with Gasteiger partial charge in [-0.2, -0.15) is 0 Å². The topological polar surface area (TPSA) is 61.9 Å². The van der Waals surface area contributed by atoms with E-state index in [0.717, 1.165) is 11.1 Å². The first-order chi connectivity index (χ1) is 13.9. The molecule has 0 saturated carbocycles. The summed E-state index contributed by atoms with van der Waals surface area (Å²) in [5, 5.41) is 4.99.